The standard InChI is InChI=1S/C55H107N2O6P/c1-6-8-10-11-12-13-14-15-16-17-18-19-20-21-22-23-24-25-26-27-28-29-30-31-32-33-34-35-36-37-38-39-40-41-42-43-44-45-47-49-55(59)56-53(54(58)48-46-9-7-2)52-63-64(60,61)62-51-50-57(3,4)5/h14-15,17-18,46,48,53-54,58H,6-13,16,19-45,47,49-52H2,1-5H3,(H-,56,59,60,61)/b15-14-,18-17-,48-46+. The van der Waals surface area contributed by atoms with Crippen molar-refractivity contribution < 1.29 is 32.9 Å². The van der Waals surface area contributed by atoms with Crippen LogP contribution < -0.4 is 10.2 Å². The molecule has 0 bridgehead atoms. The van der Waals surface area contributed by atoms with Gasteiger partial charge in [0, 0.05) is 6.42 Å². The van der Waals surface area contributed by atoms with Crippen molar-refractivity contribution in [2.24, 2.45) is 0 Å². The Kier molecular flexibility index (Phi) is 45.9. The van der Waals surface area contributed by atoms with Crippen LogP contribution in [0.1, 0.15) is 258 Å². The zero-order valence-corrected chi connectivity index (χ0v) is 43.9. The Hall–Kier alpha value is -1.28. The number of carbonyl (C=O) groups excluding carboxylic acids is 1. The molecule has 0 aromatic carbocycles. The number of unbranched alkanes of at least 4 members (excludes halogenated alkanes) is 33. The maximum Gasteiger partial charge on any atom is 0.268 e. The lowest BCUT2D eigenvalue weighted by molar-refractivity contribution is -0.870. The van der Waals surface area contributed by atoms with E-state index in [-0.39, 0.29) is 19.1 Å². The van der Waals surface area contributed by atoms with Crippen LogP contribution in [0.25, 0.3) is 0 Å². The van der Waals surface area contributed by atoms with Crippen LogP contribution in [0.15, 0.2) is 36.5 Å². The largest absolute Gasteiger partial charge is 0.756 e. The van der Waals surface area contributed by atoms with Crippen molar-refractivity contribution in [3.8, 4) is 0 Å². The molecular weight excluding hydrogens is 816 g/mol. The maximum absolute atomic E-state index is 12.7. The van der Waals surface area contributed by atoms with E-state index in [4.69, 9.17) is 9.05 Å². The van der Waals surface area contributed by atoms with E-state index in [9.17, 15) is 19.4 Å². The Morgan fingerprint density at radius 3 is 1.33 bits per heavy atom. The zero-order valence-electron chi connectivity index (χ0n) is 43.0. The van der Waals surface area contributed by atoms with E-state index in [0.717, 1.165) is 38.5 Å². The second kappa shape index (κ2) is 46.8. The highest BCUT2D eigenvalue weighted by molar-refractivity contribution is 7.45. The molecule has 0 fully saturated rings. The number of hydrogen-bond donors (Lipinski definition) is 2. The number of quaternary nitrogens is 1. The van der Waals surface area contributed by atoms with Crippen LogP contribution in [0.3, 0.4) is 0 Å². The van der Waals surface area contributed by atoms with Gasteiger partial charge in [0.2, 0.25) is 5.91 Å². The molecular formula is C55H107N2O6P. The van der Waals surface area contributed by atoms with Crippen molar-refractivity contribution in [3.05, 3.63) is 36.5 Å². The third-order valence-corrected chi connectivity index (χ3v) is 13.3. The van der Waals surface area contributed by atoms with E-state index < -0.39 is 20.0 Å². The predicted molar refractivity (Wildman–Crippen MR) is 275 cm³/mol. The number of phosphoric acid groups is 1. The van der Waals surface area contributed by atoms with Crippen LogP contribution in [0.2, 0.25) is 0 Å². The smallest absolute Gasteiger partial charge is 0.268 e. The first-order valence-corrected chi connectivity index (χ1v) is 28.8. The number of aliphatic hydroxyl groups is 1. The maximum atomic E-state index is 12.7. The molecule has 0 aliphatic heterocycles. The highest BCUT2D eigenvalue weighted by atomic mass is 31.2. The number of nitrogens with one attached hydrogen (secondary N) is 1. The van der Waals surface area contributed by atoms with Crippen LogP contribution in [-0.2, 0) is 18.4 Å². The van der Waals surface area contributed by atoms with Gasteiger partial charge in [0.15, 0.2) is 0 Å². The van der Waals surface area contributed by atoms with E-state index in [0.29, 0.717) is 17.4 Å². The van der Waals surface area contributed by atoms with Crippen molar-refractivity contribution >= 4 is 13.7 Å². The van der Waals surface area contributed by atoms with E-state index >= 15 is 0 Å². The van der Waals surface area contributed by atoms with Gasteiger partial charge in [-0.3, -0.25) is 9.36 Å². The molecule has 0 saturated carbocycles. The molecule has 0 radical (unpaired) electrons. The number of allylic oxidation sites excluding steroid dienone is 5. The van der Waals surface area contributed by atoms with Gasteiger partial charge in [-0.15, -0.1) is 0 Å². The fourth-order valence-electron chi connectivity index (χ4n) is 8.02. The first-order valence-electron chi connectivity index (χ1n) is 27.4. The summed E-state index contributed by atoms with van der Waals surface area (Å²) in [6.07, 6.45) is 60.7. The molecule has 0 heterocycles. The summed E-state index contributed by atoms with van der Waals surface area (Å²) in [5.74, 6) is -0.206. The summed E-state index contributed by atoms with van der Waals surface area (Å²) in [7, 11) is 1.26. The van der Waals surface area contributed by atoms with Crippen LogP contribution >= 0.6 is 7.82 Å². The first-order chi connectivity index (χ1) is 31.0. The number of nitrogens with zero attached hydrogens (tertiary/aromatic N) is 1. The fraction of sp³-hybridized carbons (Fsp3) is 0.873. The summed E-state index contributed by atoms with van der Waals surface area (Å²) < 4.78 is 22.9. The van der Waals surface area contributed by atoms with Crippen molar-refractivity contribution in [1.29, 1.82) is 0 Å². The number of phosphoric ester groups is 1. The van der Waals surface area contributed by atoms with E-state index in [1.54, 1.807) is 6.08 Å². The molecule has 2 N–H and O–H groups in total. The second-order valence-corrected chi connectivity index (χ2v) is 21.3. The minimum absolute atomic E-state index is 0.00121. The quantitative estimate of drug-likeness (QED) is 0.0272. The SMILES string of the molecule is CCC/C=C/C(O)C(COP(=O)([O-])OCC[N+](C)(C)C)NC(=O)CCCCCCCCCCCCCCCCCCCCCCCCCCCCC/C=C\C/C=C\CCCCCCC. The highest BCUT2D eigenvalue weighted by Gasteiger charge is 2.23. The number of carbonyl (C=O) groups is 1. The minimum atomic E-state index is -4.56. The van der Waals surface area contributed by atoms with Crippen molar-refractivity contribution in [2.75, 3.05) is 40.9 Å². The normalized spacial score (nSPS) is 14.3. The first kappa shape index (κ1) is 62.7. The van der Waals surface area contributed by atoms with Gasteiger partial charge >= 0.3 is 0 Å². The molecule has 0 aliphatic carbocycles. The Morgan fingerprint density at radius 2 is 0.938 bits per heavy atom. The molecule has 0 aromatic rings. The zero-order chi connectivity index (χ0) is 47.1. The lowest BCUT2D eigenvalue weighted by atomic mass is 10.0. The topological polar surface area (TPSA) is 108 Å². The number of aliphatic hydroxyl groups excluding tert-OH is 1. The summed E-state index contributed by atoms with van der Waals surface area (Å²) in [5, 5.41) is 13.4. The van der Waals surface area contributed by atoms with Crippen molar-refractivity contribution in [2.45, 2.75) is 270 Å². The lowest BCUT2D eigenvalue weighted by Gasteiger charge is -2.29. The van der Waals surface area contributed by atoms with E-state index in [1.807, 2.05) is 34.1 Å². The summed E-state index contributed by atoms with van der Waals surface area (Å²) in [5.41, 5.74) is 0. The van der Waals surface area contributed by atoms with Gasteiger partial charge in [-0.2, -0.15) is 0 Å². The predicted octanol–water partition coefficient (Wildman–Crippen LogP) is 15.6. The van der Waals surface area contributed by atoms with Gasteiger partial charge in [0.05, 0.1) is 39.9 Å². The minimum Gasteiger partial charge on any atom is -0.756 e. The molecule has 0 spiro atoms. The van der Waals surface area contributed by atoms with Gasteiger partial charge in [0.25, 0.3) is 7.82 Å². The van der Waals surface area contributed by atoms with Gasteiger partial charge in [-0.1, -0.05) is 243 Å². The van der Waals surface area contributed by atoms with E-state index in [1.165, 1.54) is 199 Å². The van der Waals surface area contributed by atoms with E-state index in [2.05, 4.69) is 36.5 Å². The second-order valence-electron chi connectivity index (χ2n) is 19.9. The molecule has 0 aliphatic rings. The van der Waals surface area contributed by atoms with Gasteiger partial charge < -0.3 is 28.8 Å². The lowest BCUT2D eigenvalue weighted by Crippen LogP contribution is -2.45. The molecule has 0 saturated heterocycles. The summed E-state index contributed by atoms with van der Waals surface area (Å²) in [4.78, 5) is 25.0. The molecule has 64 heavy (non-hydrogen) atoms. The molecule has 9 heteroatoms. The number of likely N-dealkylation sites (N-methyl/N-ethyl adjacent to an activating group) is 1. The molecule has 3 unspecified atom stereocenters. The molecule has 0 rings (SSSR count). The van der Waals surface area contributed by atoms with Gasteiger partial charge in [0.1, 0.15) is 13.2 Å². The Bertz CT molecular complexity index is 1140. The summed E-state index contributed by atoms with van der Waals surface area (Å²) in [6.45, 7) is 4.43. The third-order valence-electron chi connectivity index (χ3n) is 12.3. The van der Waals surface area contributed by atoms with Crippen molar-refractivity contribution in [3.63, 3.8) is 0 Å². The summed E-state index contributed by atoms with van der Waals surface area (Å²) in [6, 6.07) is -0.879. The Balaban J connectivity index is 3.59. The van der Waals surface area contributed by atoms with Crippen LogP contribution in [0.5, 0.6) is 0 Å². The monoisotopic (exact) mass is 923 g/mol. The molecule has 378 valence electrons. The third kappa shape index (κ3) is 48.6. The molecule has 1 amide bonds. The molecule has 0 aromatic heterocycles. The van der Waals surface area contributed by atoms with Gasteiger partial charge in [-0.05, 0) is 44.9 Å². The van der Waals surface area contributed by atoms with Gasteiger partial charge in [-0.25, -0.2) is 0 Å². The average molecular weight is 923 g/mol. The highest BCUT2D eigenvalue weighted by Crippen LogP contribution is 2.38. The summed E-state index contributed by atoms with van der Waals surface area (Å²) >= 11 is 0. The molecule has 8 nitrogen and oxygen atoms in total. The fourth-order valence-corrected chi connectivity index (χ4v) is 8.74. The van der Waals surface area contributed by atoms with Crippen LogP contribution in [-0.4, -0.2) is 68.5 Å². The van der Waals surface area contributed by atoms with Crippen molar-refractivity contribution in [1.82, 2.24) is 5.32 Å². The number of amides is 1. The number of hydrogen-bond acceptors (Lipinski definition) is 6. The van der Waals surface area contributed by atoms with Crippen LogP contribution in [0.4, 0.5) is 0 Å². The Morgan fingerprint density at radius 1 is 0.547 bits per heavy atom. The number of rotatable bonds is 50. The molecule has 3 atom stereocenters. The Labute approximate surface area is 397 Å². The van der Waals surface area contributed by atoms with Crippen LogP contribution in [0, 0.1) is 0 Å². The average Bonchev–Trinajstić information content (AvgIpc) is 3.25.